The molecule has 0 N–H and O–H groups in total. The highest BCUT2D eigenvalue weighted by Gasteiger charge is 2.09. The van der Waals surface area contributed by atoms with E-state index in [2.05, 4.69) is 0 Å². The van der Waals surface area contributed by atoms with Crippen molar-refractivity contribution in [3.05, 3.63) is 58.9 Å². The van der Waals surface area contributed by atoms with E-state index in [-0.39, 0.29) is 11.6 Å². The maximum Gasteiger partial charge on any atom is 0.159 e. The number of halogens is 1. The summed E-state index contributed by atoms with van der Waals surface area (Å²) in [6.45, 7) is 5.31. The maximum atomic E-state index is 13.3. The van der Waals surface area contributed by atoms with Crippen LogP contribution in [0.2, 0.25) is 0 Å². The number of carbonyl (C=O) groups is 1. The molecule has 2 heteroatoms. The molecule has 92 valence electrons. The predicted octanol–water partition coefficient (Wildman–Crippen LogP) is 4.31. The van der Waals surface area contributed by atoms with Crippen LogP contribution in [0.5, 0.6) is 0 Å². The molecule has 0 fully saturated rings. The van der Waals surface area contributed by atoms with Crippen LogP contribution in [0.25, 0.3) is 11.1 Å². The summed E-state index contributed by atoms with van der Waals surface area (Å²) in [5.74, 6) is -0.189. The summed E-state index contributed by atoms with van der Waals surface area (Å²) < 4.78 is 13.3. The Bertz CT molecular complexity index is 591. The van der Waals surface area contributed by atoms with Gasteiger partial charge in [0.1, 0.15) is 5.82 Å². The average molecular weight is 242 g/mol. The monoisotopic (exact) mass is 242 g/mol. The van der Waals surface area contributed by atoms with Crippen molar-refractivity contribution in [2.75, 3.05) is 0 Å². The van der Waals surface area contributed by atoms with Crippen LogP contribution in [-0.2, 0) is 0 Å². The highest BCUT2D eigenvalue weighted by Crippen LogP contribution is 2.28. The van der Waals surface area contributed by atoms with Gasteiger partial charge in [-0.15, -0.1) is 0 Å². The number of aryl methyl sites for hydroxylation is 2. The van der Waals surface area contributed by atoms with Gasteiger partial charge in [-0.3, -0.25) is 4.79 Å². The van der Waals surface area contributed by atoms with Crippen LogP contribution < -0.4 is 0 Å². The number of hydrogen-bond donors (Lipinski definition) is 0. The van der Waals surface area contributed by atoms with E-state index in [9.17, 15) is 9.18 Å². The maximum absolute atomic E-state index is 13.3. The van der Waals surface area contributed by atoms with Gasteiger partial charge in [-0.2, -0.15) is 0 Å². The van der Waals surface area contributed by atoms with Crippen molar-refractivity contribution >= 4 is 5.78 Å². The van der Waals surface area contributed by atoms with Crippen LogP contribution in [0.1, 0.15) is 28.4 Å². The van der Waals surface area contributed by atoms with Gasteiger partial charge in [0.15, 0.2) is 5.78 Å². The average Bonchev–Trinajstić information content (AvgIpc) is 2.28. The van der Waals surface area contributed by atoms with E-state index < -0.39 is 0 Å². The summed E-state index contributed by atoms with van der Waals surface area (Å²) in [5.41, 5.74) is 4.40. The van der Waals surface area contributed by atoms with E-state index >= 15 is 0 Å². The van der Waals surface area contributed by atoms with Gasteiger partial charge in [0.25, 0.3) is 0 Å². The van der Waals surface area contributed by atoms with Gasteiger partial charge < -0.3 is 0 Å². The highest BCUT2D eigenvalue weighted by atomic mass is 19.1. The van der Waals surface area contributed by atoms with E-state index in [4.69, 9.17) is 0 Å². The Morgan fingerprint density at radius 3 is 2.22 bits per heavy atom. The molecule has 0 aliphatic rings. The van der Waals surface area contributed by atoms with Crippen LogP contribution in [0.15, 0.2) is 36.4 Å². The molecule has 0 spiro atoms. The molecule has 2 rings (SSSR count). The van der Waals surface area contributed by atoms with Gasteiger partial charge in [-0.05, 0) is 61.2 Å². The highest BCUT2D eigenvalue weighted by molar-refractivity contribution is 5.95. The van der Waals surface area contributed by atoms with Crippen LogP contribution in [0, 0.1) is 19.7 Å². The first-order valence-electron chi connectivity index (χ1n) is 5.87. The number of Topliss-reactive ketones (excluding diaryl/α,β-unsaturated/α-hetero) is 1. The second-order valence-corrected chi connectivity index (χ2v) is 4.55. The summed E-state index contributed by atoms with van der Waals surface area (Å²) >= 11 is 0. The summed E-state index contributed by atoms with van der Waals surface area (Å²) in [5, 5.41) is 0. The lowest BCUT2D eigenvalue weighted by Crippen LogP contribution is -1.94. The molecule has 2 aromatic rings. The minimum Gasteiger partial charge on any atom is -0.295 e. The van der Waals surface area contributed by atoms with Gasteiger partial charge >= 0.3 is 0 Å². The third-order valence-electron chi connectivity index (χ3n) is 3.06. The fourth-order valence-electron chi connectivity index (χ4n) is 2.26. The van der Waals surface area contributed by atoms with Crippen molar-refractivity contribution in [2.24, 2.45) is 0 Å². The van der Waals surface area contributed by atoms with E-state index in [1.807, 2.05) is 32.0 Å². The van der Waals surface area contributed by atoms with Crippen molar-refractivity contribution in [2.45, 2.75) is 20.8 Å². The first-order chi connectivity index (χ1) is 8.49. The Hall–Kier alpha value is -1.96. The Morgan fingerprint density at radius 2 is 1.67 bits per heavy atom. The Labute approximate surface area is 106 Å². The first kappa shape index (κ1) is 12.5. The summed E-state index contributed by atoms with van der Waals surface area (Å²) in [4.78, 5) is 11.4. The summed E-state index contributed by atoms with van der Waals surface area (Å²) in [6.07, 6.45) is 0. The van der Waals surface area contributed by atoms with Crippen molar-refractivity contribution in [1.29, 1.82) is 0 Å². The van der Waals surface area contributed by atoms with Gasteiger partial charge in [0.05, 0.1) is 0 Å². The third kappa shape index (κ3) is 2.33. The second kappa shape index (κ2) is 4.73. The summed E-state index contributed by atoms with van der Waals surface area (Å²) in [7, 11) is 0. The lowest BCUT2D eigenvalue weighted by molar-refractivity contribution is 0.101. The topological polar surface area (TPSA) is 17.1 Å². The van der Waals surface area contributed by atoms with E-state index in [0.717, 1.165) is 22.3 Å². The standard InChI is InChI=1S/C16H15FO/c1-10-7-15(17)8-11(2)16(10)14-6-4-5-13(9-14)12(3)18/h4-9H,1-3H3. The fourth-order valence-corrected chi connectivity index (χ4v) is 2.26. The van der Waals surface area contributed by atoms with Crippen LogP contribution in [0.4, 0.5) is 4.39 Å². The molecule has 18 heavy (non-hydrogen) atoms. The quantitative estimate of drug-likeness (QED) is 0.717. The normalized spacial score (nSPS) is 10.4. The third-order valence-corrected chi connectivity index (χ3v) is 3.06. The van der Waals surface area contributed by atoms with Gasteiger partial charge in [-0.1, -0.05) is 18.2 Å². The number of rotatable bonds is 2. The lowest BCUT2D eigenvalue weighted by atomic mass is 9.94. The molecule has 2 aromatic carbocycles. The number of benzene rings is 2. The van der Waals surface area contributed by atoms with Gasteiger partial charge in [0.2, 0.25) is 0 Å². The zero-order valence-electron chi connectivity index (χ0n) is 10.8. The van der Waals surface area contributed by atoms with Crippen molar-refractivity contribution in [1.82, 2.24) is 0 Å². The molecule has 0 radical (unpaired) electrons. The molecule has 0 bridgehead atoms. The Morgan fingerprint density at radius 1 is 1.06 bits per heavy atom. The SMILES string of the molecule is CC(=O)c1cccc(-c2c(C)cc(F)cc2C)c1. The lowest BCUT2D eigenvalue weighted by Gasteiger charge is -2.11. The molecule has 1 nitrogen and oxygen atoms in total. The van der Waals surface area contributed by atoms with Crippen LogP contribution in [-0.4, -0.2) is 5.78 Å². The molecule has 0 saturated heterocycles. The molecule has 0 atom stereocenters. The van der Waals surface area contributed by atoms with Crippen LogP contribution in [0.3, 0.4) is 0 Å². The van der Waals surface area contributed by atoms with Crippen molar-refractivity contribution in [3.63, 3.8) is 0 Å². The smallest absolute Gasteiger partial charge is 0.159 e. The second-order valence-electron chi connectivity index (χ2n) is 4.55. The summed E-state index contributed by atoms with van der Waals surface area (Å²) in [6, 6.07) is 10.5. The zero-order valence-corrected chi connectivity index (χ0v) is 10.8. The minimum absolute atomic E-state index is 0.0364. The largest absolute Gasteiger partial charge is 0.295 e. The van der Waals surface area contributed by atoms with Crippen molar-refractivity contribution < 1.29 is 9.18 Å². The minimum atomic E-state index is -0.225. The zero-order chi connectivity index (χ0) is 13.3. The van der Waals surface area contributed by atoms with E-state index in [0.29, 0.717) is 5.56 Å². The number of ketones is 1. The number of hydrogen-bond acceptors (Lipinski definition) is 1. The number of carbonyl (C=O) groups excluding carboxylic acids is 1. The molecule has 0 aliphatic heterocycles. The van der Waals surface area contributed by atoms with Gasteiger partial charge in [0, 0.05) is 5.56 Å². The van der Waals surface area contributed by atoms with E-state index in [1.165, 1.54) is 12.1 Å². The molecule has 0 heterocycles. The first-order valence-corrected chi connectivity index (χ1v) is 5.87. The molecule has 0 aliphatic carbocycles. The van der Waals surface area contributed by atoms with Gasteiger partial charge in [-0.25, -0.2) is 4.39 Å². The molecule has 0 aromatic heterocycles. The fraction of sp³-hybridized carbons (Fsp3) is 0.188. The Kier molecular flexibility index (Phi) is 3.28. The molecular formula is C16H15FO. The van der Waals surface area contributed by atoms with Crippen LogP contribution >= 0.6 is 0 Å². The molecule has 0 amide bonds. The molecule has 0 unspecified atom stereocenters. The van der Waals surface area contributed by atoms with E-state index in [1.54, 1.807) is 13.0 Å². The predicted molar refractivity (Wildman–Crippen MR) is 71.3 cm³/mol. The molecule has 0 saturated carbocycles. The van der Waals surface area contributed by atoms with Crippen molar-refractivity contribution in [3.8, 4) is 11.1 Å². The molecular weight excluding hydrogens is 227 g/mol. The Balaban J connectivity index is 2.62.